The Morgan fingerprint density at radius 2 is 2.14 bits per heavy atom. The lowest BCUT2D eigenvalue weighted by Gasteiger charge is -1.98. The summed E-state index contributed by atoms with van der Waals surface area (Å²) in [5.41, 5.74) is 1.28. The highest BCUT2D eigenvalue weighted by Crippen LogP contribution is 2.13. The molecule has 5 heteroatoms. The molecule has 1 heterocycles. The summed E-state index contributed by atoms with van der Waals surface area (Å²) < 4.78 is 1.05. The lowest BCUT2D eigenvalue weighted by atomic mass is 10.3. The van der Waals surface area contributed by atoms with Gasteiger partial charge in [-0.1, -0.05) is 0 Å². The molecule has 0 spiro atoms. The van der Waals surface area contributed by atoms with E-state index >= 15 is 0 Å². The van der Waals surface area contributed by atoms with Gasteiger partial charge in [-0.05, 0) is 40.8 Å². The van der Waals surface area contributed by atoms with E-state index in [0.717, 1.165) is 3.57 Å². The van der Waals surface area contributed by atoms with E-state index in [1.807, 2.05) is 12.1 Å². The topological polar surface area (TPSA) is 63.1 Å². The summed E-state index contributed by atoms with van der Waals surface area (Å²) in [6.07, 6.45) is 1.26. The van der Waals surface area contributed by atoms with Gasteiger partial charge in [0.2, 0.25) is 0 Å². The zero-order valence-corrected chi connectivity index (χ0v) is 9.09. The first-order chi connectivity index (χ1) is 6.66. The molecule has 2 rings (SSSR count). The molecular formula is C9H5IN2O2. The van der Waals surface area contributed by atoms with E-state index in [2.05, 4.69) is 32.6 Å². The summed E-state index contributed by atoms with van der Waals surface area (Å²) in [5, 5.41) is 8.69. The molecule has 0 atom stereocenters. The molecule has 0 aliphatic heterocycles. The number of benzene rings is 1. The molecule has 14 heavy (non-hydrogen) atoms. The van der Waals surface area contributed by atoms with Gasteiger partial charge in [-0.2, -0.15) is 0 Å². The maximum Gasteiger partial charge on any atom is 0.356 e. The average Bonchev–Trinajstić information content (AvgIpc) is 2.16. The summed E-state index contributed by atoms with van der Waals surface area (Å²) in [5.74, 6) is -1.06. The molecular weight excluding hydrogens is 295 g/mol. The van der Waals surface area contributed by atoms with E-state index in [1.165, 1.54) is 6.20 Å². The van der Waals surface area contributed by atoms with Crippen molar-refractivity contribution >= 4 is 39.6 Å². The third-order valence-electron chi connectivity index (χ3n) is 1.72. The number of halogens is 1. The highest BCUT2D eigenvalue weighted by Gasteiger charge is 2.06. The van der Waals surface area contributed by atoms with Gasteiger partial charge in [0.15, 0.2) is 5.69 Å². The lowest BCUT2D eigenvalue weighted by Crippen LogP contribution is -2.01. The highest BCUT2D eigenvalue weighted by atomic mass is 127. The molecule has 70 valence electrons. The molecule has 0 amide bonds. The van der Waals surface area contributed by atoms with Gasteiger partial charge >= 0.3 is 5.97 Å². The smallest absolute Gasteiger partial charge is 0.356 e. The summed E-state index contributed by atoms with van der Waals surface area (Å²) >= 11 is 2.17. The van der Waals surface area contributed by atoms with Crippen molar-refractivity contribution in [1.82, 2.24) is 9.97 Å². The van der Waals surface area contributed by atoms with Crippen LogP contribution in [0.2, 0.25) is 0 Å². The van der Waals surface area contributed by atoms with Gasteiger partial charge in [0.1, 0.15) is 0 Å². The summed E-state index contributed by atoms with van der Waals surface area (Å²) in [6.45, 7) is 0. The van der Waals surface area contributed by atoms with Crippen LogP contribution in [0.15, 0.2) is 24.4 Å². The Morgan fingerprint density at radius 3 is 2.86 bits per heavy atom. The van der Waals surface area contributed by atoms with Gasteiger partial charge in [0, 0.05) is 3.57 Å². The maximum absolute atomic E-state index is 10.6. The first kappa shape index (κ1) is 9.32. The fraction of sp³-hybridized carbons (Fsp3) is 0. The molecule has 2 aromatic rings. The number of carboxylic acid groups (broad SMARTS) is 1. The second-order valence-electron chi connectivity index (χ2n) is 2.69. The van der Waals surface area contributed by atoms with Crippen LogP contribution in [-0.4, -0.2) is 21.0 Å². The largest absolute Gasteiger partial charge is 0.476 e. The van der Waals surface area contributed by atoms with Gasteiger partial charge in [-0.15, -0.1) is 0 Å². The van der Waals surface area contributed by atoms with E-state index < -0.39 is 5.97 Å². The van der Waals surface area contributed by atoms with Crippen molar-refractivity contribution < 1.29 is 9.90 Å². The van der Waals surface area contributed by atoms with Crippen LogP contribution in [0.4, 0.5) is 0 Å². The molecule has 1 aromatic carbocycles. The van der Waals surface area contributed by atoms with E-state index in [9.17, 15) is 4.79 Å². The molecule has 4 nitrogen and oxygen atoms in total. The van der Waals surface area contributed by atoms with Crippen LogP contribution in [0, 0.1) is 3.57 Å². The molecule has 0 saturated heterocycles. The van der Waals surface area contributed by atoms with Gasteiger partial charge in [-0.3, -0.25) is 4.98 Å². The Hall–Kier alpha value is -1.24. The first-order valence-corrected chi connectivity index (χ1v) is 4.90. The van der Waals surface area contributed by atoms with Crippen LogP contribution in [0.5, 0.6) is 0 Å². The van der Waals surface area contributed by atoms with Crippen LogP contribution in [0.25, 0.3) is 11.0 Å². The van der Waals surface area contributed by atoms with E-state index in [0.29, 0.717) is 11.0 Å². The van der Waals surface area contributed by atoms with Gasteiger partial charge in [-0.25, -0.2) is 9.78 Å². The number of fused-ring (bicyclic) bond motifs is 1. The van der Waals surface area contributed by atoms with Crippen molar-refractivity contribution in [2.24, 2.45) is 0 Å². The van der Waals surface area contributed by atoms with Crippen molar-refractivity contribution in [1.29, 1.82) is 0 Å². The number of hydrogen-bond acceptors (Lipinski definition) is 3. The van der Waals surface area contributed by atoms with Crippen LogP contribution in [0.1, 0.15) is 10.5 Å². The molecule has 0 aliphatic rings. The van der Waals surface area contributed by atoms with Gasteiger partial charge in [0.05, 0.1) is 17.2 Å². The Kier molecular flexibility index (Phi) is 2.32. The number of carboxylic acids is 1. The van der Waals surface area contributed by atoms with Crippen molar-refractivity contribution in [3.63, 3.8) is 0 Å². The third kappa shape index (κ3) is 1.67. The number of rotatable bonds is 1. The second-order valence-corrected chi connectivity index (χ2v) is 3.94. The van der Waals surface area contributed by atoms with Crippen LogP contribution < -0.4 is 0 Å². The van der Waals surface area contributed by atoms with Crippen molar-refractivity contribution in [2.75, 3.05) is 0 Å². The molecule has 1 aromatic heterocycles. The quantitative estimate of drug-likeness (QED) is 0.817. The Balaban J connectivity index is 2.67. The molecule has 0 saturated carbocycles. The monoisotopic (exact) mass is 300 g/mol. The number of carbonyl (C=O) groups is 1. The number of nitrogens with zero attached hydrogens (tertiary/aromatic N) is 2. The van der Waals surface area contributed by atoms with Crippen molar-refractivity contribution in [3.8, 4) is 0 Å². The van der Waals surface area contributed by atoms with E-state index in [4.69, 9.17) is 5.11 Å². The van der Waals surface area contributed by atoms with Crippen molar-refractivity contribution in [2.45, 2.75) is 0 Å². The van der Waals surface area contributed by atoms with Crippen LogP contribution >= 0.6 is 22.6 Å². The predicted octanol–water partition coefficient (Wildman–Crippen LogP) is 1.93. The minimum Gasteiger partial charge on any atom is -0.476 e. The van der Waals surface area contributed by atoms with Crippen LogP contribution in [-0.2, 0) is 0 Å². The van der Waals surface area contributed by atoms with E-state index in [1.54, 1.807) is 6.07 Å². The lowest BCUT2D eigenvalue weighted by molar-refractivity contribution is 0.0690. The summed E-state index contributed by atoms with van der Waals surface area (Å²) in [6, 6.07) is 5.48. The summed E-state index contributed by atoms with van der Waals surface area (Å²) in [4.78, 5) is 18.6. The third-order valence-corrected chi connectivity index (χ3v) is 2.39. The fourth-order valence-electron chi connectivity index (χ4n) is 1.09. The molecule has 0 aliphatic carbocycles. The van der Waals surface area contributed by atoms with E-state index in [-0.39, 0.29) is 5.69 Å². The number of aromatic nitrogens is 2. The molecule has 0 radical (unpaired) electrons. The molecule has 0 fully saturated rings. The highest BCUT2D eigenvalue weighted by molar-refractivity contribution is 14.1. The fourth-order valence-corrected chi connectivity index (χ4v) is 1.56. The maximum atomic E-state index is 10.6. The predicted molar refractivity (Wildman–Crippen MR) is 59.2 cm³/mol. The minimum atomic E-state index is -1.06. The standard InChI is InChI=1S/C9H5IN2O2/c10-5-1-2-6-7(3-5)11-4-8(12-6)9(13)14/h1-4H,(H,13,14). The summed E-state index contributed by atoms with van der Waals surface area (Å²) in [7, 11) is 0. The number of aromatic carboxylic acids is 1. The SMILES string of the molecule is O=C(O)c1cnc2cc(I)ccc2n1. The molecule has 1 N–H and O–H groups in total. The molecule has 0 unspecified atom stereocenters. The zero-order valence-electron chi connectivity index (χ0n) is 6.94. The van der Waals surface area contributed by atoms with Gasteiger partial charge < -0.3 is 5.11 Å². The second kappa shape index (κ2) is 3.49. The first-order valence-electron chi connectivity index (χ1n) is 3.82. The minimum absolute atomic E-state index is 0.0290. The van der Waals surface area contributed by atoms with Gasteiger partial charge in [0.25, 0.3) is 0 Å². The van der Waals surface area contributed by atoms with Crippen molar-refractivity contribution in [3.05, 3.63) is 33.7 Å². The molecule has 0 bridgehead atoms. The average molecular weight is 300 g/mol. The normalized spacial score (nSPS) is 10.4. The number of hydrogen-bond donors (Lipinski definition) is 1. The zero-order chi connectivity index (χ0) is 10.1. The Labute approximate surface area is 93.1 Å². The Bertz CT molecular complexity index is 513. The Morgan fingerprint density at radius 1 is 1.36 bits per heavy atom. The van der Waals surface area contributed by atoms with Crippen LogP contribution in [0.3, 0.4) is 0 Å².